The summed E-state index contributed by atoms with van der Waals surface area (Å²) >= 11 is 1.13. The molecule has 0 aliphatic carbocycles. The van der Waals surface area contributed by atoms with Crippen molar-refractivity contribution in [3.05, 3.63) is 71.4 Å². The fourth-order valence-corrected chi connectivity index (χ4v) is 6.94. The van der Waals surface area contributed by atoms with Crippen LogP contribution >= 0.6 is 11.3 Å². The fourth-order valence-electron chi connectivity index (χ4n) is 5.28. The zero-order valence-corrected chi connectivity index (χ0v) is 23.9. The Morgan fingerprint density at radius 3 is 2.80 bits per heavy atom. The Morgan fingerprint density at radius 2 is 2.02 bits per heavy atom. The van der Waals surface area contributed by atoms with E-state index in [-0.39, 0.29) is 28.8 Å². The molecule has 1 N–H and O–H groups in total. The number of rotatable bonds is 8. The van der Waals surface area contributed by atoms with E-state index in [1.54, 1.807) is 28.1 Å². The van der Waals surface area contributed by atoms with Gasteiger partial charge in [-0.25, -0.2) is 23.4 Å². The lowest BCUT2D eigenvalue weighted by molar-refractivity contribution is 0.0250. The summed E-state index contributed by atoms with van der Waals surface area (Å²) in [7, 11) is -2.88. The van der Waals surface area contributed by atoms with Crippen molar-refractivity contribution in [2.75, 3.05) is 36.0 Å². The topological polar surface area (TPSA) is 118 Å². The van der Waals surface area contributed by atoms with Crippen LogP contribution in [0.3, 0.4) is 0 Å². The SMILES string of the molecule is CN(c1nccs1)S(=O)(=O)NC(=O)c1cnc2ccc(N3CCC[C@@H]3c3cc(F)ccc3OC3CCOCC3)cn12. The third-order valence-corrected chi connectivity index (χ3v) is 9.67. The average Bonchev–Trinajstić information content (AvgIpc) is 3.74. The van der Waals surface area contributed by atoms with Crippen molar-refractivity contribution in [3.63, 3.8) is 0 Å². The minimum absolute atomic E-state index is 0.0112. The number of carbonyl (C=O) groups excluding carboxylic acids is 1. The first-order chi connectivity index (χ1) is 19.8. The molecule has 2 aliphatic rings. The molecule has 1 aromatic carbocycles. The summed E-state index contributed by atoms with van der Waals surface area (Å²) in [6.45, 7) is 1.99. The summed E-state index contributed by atoms with van der Waals surface area (Å²) in [6.07, 6.45) is 7.82. The molecule has 3 aromatic heterocycles. The molecular formula is C27H29FN6O5S2. The van der Waals surface area contributed by atoms with E-state index in [9.17, 15) is 17.6 Å². The van der Waals surface area contributed by atoms with Crippen LogP contribution in [0.15, 0.2) is 54.3 Å². The van der Waals surface area contributed by atoms with Crippen LogP contribution in [0, 0.1) is 5.82 Å². The van der Waals surface area contributed by atoms with Crippen LogP contribution in [0.5, 0.6) is 5.75 Å². The van der Waals surface area contributed by atoms with Crippen LogP contribution < -0.4 is 18.7 Å². The van der Waals surface area contributed by atoms with Crippen molar-refractivity contribution in [1.29, 1.82) is 0 Å². The molecule has 2 aliphatic heterocycles. The second-order valence-electron chi connectivity index (χ2n) is 9.94. The van der Waals surface area contributed by atoms with Gasteiger partial charge in [0, 0.05) is 49.8 Å². The van der Waals surface area contributed by atoms with Crippen LogP contribution in [0.4, 0.5) is 15.2 Å². The highest BCUT2D eigenvalue weighted by molar-refractivity contribution is 7.91. The van der Waals surface area contributed by atoms with Gasteiger partial charge in [-0.05, 0) is 43.2 Å². The summed E-state index contributed by atoms with van der Waals surface area (Å²) < 4.78 is 56.5. The van der Waals surface area contributed by atoms with Crippen molar-refractivity contribution < 1.29 is 27.1 Å². The molecule has 0 spiro atoms. The number of anilines is 2. The number of nitrogens with one attached hydrogen (secondary N) is 1. The molecule has 11 nitrogen and oxygen atoms in total. The van der Waals surface area contributed by atoms with Gasteiger partial charge in [-0.2, -0.15) is 8.42 Å². The van der Waals surface area contributed by atoms with E-state index >= 15 is 0 Å². The molecule has 1 atom stereocenters. The third kappa shape index (κ3) is 5.59. The highest BCUT2D eigenvalue weighted by atomic mass is 32.2. The van der Waals surface area contributed by atoms with Crippen molar-refractivity contribution in [2.24, 2.45) is 0 Å². The Morgan fingerprint density at radius 1 is 1.20 bits per heavy atom. The van der Waals surface area contributed by atoms with Crippen molar-refractivity contribution in [2.45, 2.75) is 37.8 Å². The number of ether oxygens (including phenoxy) is 2. The number of benzene rings is 1. The molecule has 2 saturated heterocycles. The maximum absolute atomic E-state index is 14.5. The third-order valence-electron chi connectivity index (χ3n) is 7.37. The lowest BCUT2D eigenvalue weighted by Crippen LogP contribution is -2.41. The minimum Gasteiger partial charge on any atom is -0.490 e. The number of aromatic nitrogens is 3. The molecule has 0 radical (unpaired) electrons. The van der Waals surface area contributed by atoms with Gasteiger partial charge in [-0.1, -0.05) is 0 Å². The number of hydrogen-bond donors (Lipinski definition) is 1. The zero-order chi connectivity index (χ0) is 28.6. The molecule has 216 valence electrons. The van der Waals surface area contributed by atoms with E-state index in [2.05, 4.69) is 19.6 Å². The van der Waals surface area contributed by atoms with Gasteiger partial charge in [0.05, 0.1) is 31.1 Å². The Bertz CT molecular complexity index is 1660. The van der Waals surface area contributed by atoms with E-state index in [1.165, 1.54) is 31.6 Å². The van der Waals surface area contributed by atoms with E-state index < -0.39 is 16.1 Å². The molecule has 0 unspecified atom stereocenters. The molecular weight excluding hydrogens is 571 g/mol. The second kappa shape index (κ2) is 11.3. The number of halogens is 1. The first kappa shape index (κ1) is 27.4. The van der Waals surface area contributed by atoms with Gasteiger partial charge in [-0.3, -0.25) is 9.20 Å². The molecule has 6 rings (SSSR count). The van der Waals surface area contributed by atoms with Crippen molar-refractivity contribution >= 4 is 43.9 Å². The van der Waals surface area contributed by atoms with Crippen LogP contribution in [0.2, 0.25) is 0 Å². The van der Waals surface area contributed by atoms with Gasteiger partial charge in [-0.15, -0.1) is 11.3 Å². The molecule has 2 fully saturated rings. The standard InChI is InChI=1S/C27H29FN6O5S2/c1-32(27-29-10-14-40-27)41(36,37)31-26(35)23-16-30-25-7-5-19(17-34(23)25)33-11-2-3-22(33)21-15-18(28)4-6-24(21)39-20-8-12-38-13-9-20/h4-7,10,14-17,20,22H,2-3,8-9,11-13H2,1H3,(H,31,35)/t22-/m1/s1. The molecule has 0 saturated carbocycles. The summed E-state index contributed by atoms with van der Waals surface area (Å²) in [5, 5.41) is 1.87. The monoisotopic (exact) mass is 600 g/mol. The van der Waals surface area contributed by atoms with Crippen LogP contribution in [0.1, 0.15) is 47.8 Å². The number of amides is 1. The summed E-state index contributed by atoms with van der Waals surface area (Å²) in [5.74, 6) is -0.499. The highest BCUT2D eigenvalue weighted by Gasteiger charge is 2.31. The quantitative estimate of drug-likeness (QED) is 0.323. The number of fused-ring (bicyclic) bond motifs is 1. The molecule has 41 heavy (non-hydrogen) atoms. The number of nitrogens with zero attached hydrogens (tertiary/aromatic N) is 5. The van der Waals surface area contributed by atoms with Gasteiger partial charge < -0.3 is 14.4 Å². The van der Waals surface area contributed by atoms with Gasteiger partial charge >= 0.3 is 10.2 Å². The van der Waals surface area contributed by atoms with E-state index in [1.807, 2.05) is 6.07 Å². The van der Waals surface area contributed by atoms with Gasteiger partial charge in [0.1, 0.15) is 29.0 Å². The average molecular weight is 601 g/mol. The second-order valence-corrected chi connectivity index (χ2v) is 12.5. The number of hydrogen-bond acceptors (Lipinski definition) is 9. The van der Waals surface area contributed by atoms with Crippen molar-refractivity contribution in [1.82, 2.24) is 19.1 Å². The first-order valence-electron chi connectivity index (χ1n) is 13.3. The van der Waals surface area contributed by atoms with E-state index in [4.69, 9.17) is 9.47 Å². The minimum atomic E-state index is -4.20. The first-order valence-corrected chi connectivity index (χ1v) is 15.6. The molecule has 14 heteroatoms. The summed E-state index contributed by atoms with van der Waals surface area (Å²) in [5.41, 5.74) is 2.10. The highest BCUT2D eigenvalue weighted by Crippen LogP contribution is 2.41. The number of pyridine rings is 1. The molecule has 1 amide bonds. The van der Waals surface area contributed by atoms with Crippen molar-refractivity contribution in [3.8, 4) is 5.75 Å². The Balaban J connectivity index is 1.27. The number of thiazole rings is 1. The zero-order valence-electron chi connectivity index (χ0n) is 22.3. The Labute approximate surface area is 240 Å². The normalized spacial score (nSPS) is 18.1. The smallest absolute Gasteiger partial charge is 0.328 e. The lowest BCUT2D eigenvalue weighted by Gasteiger charge is -2.30. The number of carbonyl (C=O) groups is 1. The van der Waals surface area contributed by atoms with Crippen LogP contribution in [-0.2, 0) is 14.9 Å². The Hall–Kier alpha value is -3.75. The van der Waals surface area contributed by atoms with E-state index in [0.29, 0.717) is 31.2 Å². The fraction of sp³-hybridized carbons (Fsp3) is 0.370. The predicted molar refractivity (Wildman–Crippen MR) is 152 cm³/mol. The maximum Gasteiger partial charge on any atom is 0.328 e. The van der Waals surface area contributed by atoms with Gasteiger partial charge in [0.15, 0.2) is 5.13 Å². The van der Waals surface area contributed by atoms with Crippen LogP contribution in [-0.4, -0.2) is 61.6 Å². The van der Waals surface area contributed by atoms with Gasteiger partial charge in [0.2, 0.25) is 0 Å². The largest absolute Gasteiger partial charge is 0.490 e. The maximum atomic E-state index is 14.5. The number of imidazole rings is 1. The molecule has 4 aromatic rings. The molecule has 5 heterocycles. The predicted octanol–water partition coefficient (Wildman–Crippen LogP) is 3.94. The summed E-state index contributed by atoms with van der Waals surface area (Å²) in [4.78, 5) is 23.5. The Kier molecular flexibility index (Phi) is 7.53. The molecule has 0 bridgehead atoms. The van der Waals surface area contributed by atoms with E-state index in [0.717, 1.165) is 52.6 Å². The van der Waals surface area contributed by atoms with Gasteiger partial charge in [0.25, 0.3) is 5.91 Å². The lowest BCUT2D eigenvalue weighted by atomic mass is 10.0. The summed E-state index contributed by atoms with van der Waals surface area (Å²) in [6, 6.07) is 8.17. The van der Waals surface area contributed by atoms with Crippen LogP contribution in [0.25, 0.3) is 5.65 Å².